The zero-order valence-corrected chi connectivity index (χ0v) is 19.0. The van der Waals surface area contributed by atoms with Crippen molar-refractivity contribution in [2.45, 2.75) is 78.6 Å². The van der Waals surface area contributed by atoms with Crippen molar-refractivity contribution in [3.05, 3.63) is 17.2 Å². The van der Waals surface area contributed by atoms with E-state index >= 15 is 0 Å². The Morgan fingerprint density at radius 1 is 0.739 bits per heavy atom. The molecule has 0 radical (unpaired) electrons. The van der Waals surface area contributed by atoms with Crippen LogP contribution in [-0.2, 0) is 36.9 Å². The molecule has 0 bridgehead atoms. The first kappa shape index (κ1) is 28.0. The maximum Gasteiger partial charge on any atom is -0.153 e. The van der Waals surface area contributed by atoms with Gasteiger partial charge in [-0.1, -0.05) is 0 Å². The molecule has 0 aliphatic heterocycles. The molecule has 23 heavy (non-hydrogen) atoms. The molecule has 0 unspecified atom stereocenters. The van der Waals surface area contributed by atoms with Crippen LogP contribution in [0.3, 0.4) is 0 Å². The predicted octanol–water partition coefficient (Wildman–Crippen LogP) is -1.54. The number of nitrogens with zero attached hydrogens (tertiary/aromatic N) is 1. The van der Waals surface area contributed by atoms with Gasteiger partial charge in [0.25, 0.3) is 0 Å². The van der Waals surface area contributed by atoms with Gasteiger partial charge in [0, 0.05) is 0 Å². The first-order chi connectivity index (χ1) is 9.76. The van der Waals surface area contributed by atoms with Gasteiger partial charge in [0.15, 0.2) is 0 Å². The van der Waals surface area contributed by atoms with Crippen LogP contribution in [-0.4, -0.2) is 19.2 Å². The smallest absolute Gasteiger partial charge is 0.153 e. The zero-order valence-electron chi connectivity index (χ0n) is 16.6. The third-order valence-corrected chi connectivity index (χ3v) is 3.80. The molecule has 0 amide bonds. The van der Waals surface area contributed by atoms with Crippen LogP contribution in [0.1, 0.15) is 79.5 Å². The molecule has 0 spiro atoms. The van der Waals surface area contributed by atoms with Crippen molar-refractivity contribution in [3.63, 3.8) is 0 Å². The minimum Gasteiger partial charge on any atom is -1.00 e. The topological polar surface area (TPSA) is 65.8 Å². The number of hydrogen-bond donors (Lipinski definition) is 1. The minimum atomic E-state index is 0. The summed E-state index contributed by atoms with van der Waals surface area (Å²) < 4.78 is 2.36. The van der Waals surface area contributed by atoms with Gasteiger partial charge >= 0.3 is 124 Å². The number of hydrogen-bond acceptors (Lipinski definition) is 2. The van der Waals surface area contributed by atoms with E-state index in [0.717, 1.165) is 14.2 Å². The molecule has 0 aliphatic rings. The summed E-state index contributed by atoms with van der Waals surface area (Å²) in [7, 11) is 1.50. The molecule has 1 N–H and O–H groups in total. The second kappa shape index (κ2) is 10.2. The fourth-order valence-electron chi connectivity index (χ4n) is 2.23. The molecule has 0 atom stereocenters. The van der Waals surface area contributed by atoms with Crippen LogP contribution in [0.5, 0.6) is 0 Å². The van der Waals surface area contributed by atoms with E-state index in [1.807, 2.05) is 0 Å². The number of H-pyrrole nitrogens is 1. The van der Waals surface area contributed by atoms with Gasteiger partial charge in [0.2, 0.25) is 0 Å². The normalized spacial score (nSPS) is 11.6. The van der Waals surface area contributed by atoms with Crippen LogP contribution < -0.4 is 25.7 Å². The summed E-state index contributed by atoms with van der Waals surface area (Å²) in [4.78, 5) is 3.70. The molecule has 1 rings (SSSR count). The van der Waals surface area contributed by atoms with E-state index in [2.05, 4.69) is 91.0 Å². The number of imidazole rings is 1. The number of nitrogens with one attached hydrogen (secondary N) is 1. The molecule has 0 saturated heterocycles. The number of aromatic amines is 1. The van der Waals surface area contributed by atoms with E-state index < -0.39 is 0 Å². The van der Waals surface area contributed by atoms with E-state index in [9.17, 15) is 0 Å². The van der Waals surface area contributed by atoms with Crippen molar-refractivity contribution in [2.24, 2.45) is 0 Å². The largest absolute Gasteiger partial charge is 1.00 e. The first-order valence-electron chi connectivity index (χ1n) is 7.49. The number of rotatable bonds is 0. The molecule has 4 nitrogen and oxygen atoms in total. The molecule has 134 valence electrons. The van der Waals surface area contributed by atoms with Crippen LogP contribution in [0.4, 0.5) is 0 Å². The summed E-state index contributed by atoms with van der Waals surface area (Å²) in [6, 6.07) is 0. The van der Waals surface area contributed by atoms with Gasteiger partial charge in [-0.2, -0.15) is 14.2 Å². The van der Waals surface area contributed by atoms with Crippen LogP contribution in [0.2, 0.25) is 0 Å². The van der Waals surface area contributed by atoms with Gasteiger partial charge in [-0.3, -0.25) is 0 Å². The van der Waals surface area contributed by atoms with E-state index in [1.54, 1.807) is 0 Å². The number of aromatic nitrogens is 2. The third kappa shape index (κ3) is 7.70. The number of halogens is 1. The summed E-state index contributed by atoms with van der Waals surface area (Å²) in [6.45, 7) is 20.5. The standard InChI is InChI=1S/C15H28N2.2CH3O.ClH.Ti/c1-13(2,3)10-11(14(4,5)6)17-12(16-10)15(7,8)9;2*1-2;;/h1-9H3,(H,16,17);2*1H3;1H;/q;2*-1;;+4/p-1. The Morgan fingerprint density at radius 2 is 1.09 bits per heavy atom. The van der Waals surface area contributed by atoms with E-state index in [1.165, 1.54) is 17.2 Å². The molecule has 0 saturated carbocycles. The summed E-state index contributed by atoms with van der Waals surface area (Å²) in [5, 5.41) is 16.5. The molecule has 1 heterocycles. The van der Waals surface area contributed by atoms with Gasteiger partial charge in [0.1, 0.15) is 0 Å². The van der Waals surface area contributed by atoms with Crippen LogP contribution >= 0.6 is 0 Å². The third-order valence-electron chi connectivity index (χ3n) is 3.10. The Hall–Kier alpha value is 0.134. The van der Waals surface area contributed by atoms with Crippen molar-refractivity contribution in [1.29, 1.82) is 0 Å². The summed E-state index contributed by atoms with van der Waals surface area (Å²) >= 11 is 2.19. The van der Waals surface area contributed by atoms with Crippen molar-refractivity contribution in [1.82, 2.24) is 4.98 Å². The van der Waals surface area contributed by atoms with Crippen molar-refractivity contribution in [3.8, 4) is 0 Å². The Kier molecular flexibility index (Phi) is 12.4. The molecular formula is C17H34ClN2O2Ti+. The Bertz CT molecular complexity index is 453. The molecular weight excluding hydrogens is 348 g/mol. The van der Waals surface area contributed by atoms with Gasteiger partial charge in [-0.05, 0) is 0 Å². The van der Waals surface area contributed by atoms with E-state index in [0.29, 0.717) is 0 Å². The second-order valence-electron chi connectivity index (χ2n) is 8.28. The average molecular weight is 382 g/mol. The first-order valence-corrected chi connectivity index (χ1v) is 8.19. The fraction of sp³-hybridized carbons (Fsp3) is 0.824. The maximum atomic E-state index is 8.25. The SMILES string of the molecule is CC(C)(C)c1[nH]c(C(C)(C)C)[n+]([Ti+3])c1C(C)(C)C.C[O-].C[O-].[Cl-]. The van der Waals surface area contributed by atoms with Crippen molar-refractivity contribution >= 4 is 0 Å². The quantitative estimate of drug-likeness (QED) is 0.554. The fourth-order valence-corrected chi connectivity index (χ4v) is 3.54. The molecule has 1 aromatic heterocycles. The van der Waals surface area contributed by atoms with Crippen LogP contribution in [0.25, 0.3) is 0 Å². The van der Waals surface area contributed by atoms with Crippen molar-refractivity contribution in [2.75, 3.05) is 14.2 Å². The van der Waals surface area contributed by atoms with Crippen LogP contribution in [0, 0.1) is 0 Å². The Labute approximate surface area is 161 Å². The molecule has 0 aromatic carbocycles. The van der Waals surface area contributed by atoms with Gasteiger partial charge in [-0.15, -0.1) is 0 Å². The van der Waals surface area contributed by atoms with Crippen molar-refractivity contribution < 1.29 is 46.4 Å². The zero-order chi connectivity index (χ0) is 18.5. The monoisotopic (exact) mass is 381 g/mol. The Morgan fingerprint density at radius 3 is 1.26 bits per heavy atom. The van der Waals surface area contributed by atoms with Gasteiger partial charge in [0.05, 0.1) is 0 Å². The van der Waals surface area contributed by atoms with E-state index in [4.69, 9.17) is 10.2 Å². The molecule has 0 fully saturated rings. The molecule has 6 heteroatoms. The summed E-state index contributed by atoms with van der Waals surface area (Å²) in [6.07, 6.45) is 0. The van der Waals surface area contributed by atoms with Gasteiger partial charge < -0.3 is 22.6 Å². The van der Waals surface area contributed by atoms with E-state index in [-0.39, 0.29) is 28.7 Å². The maximum absolute atomic E-state index is 8.25. The Balaban J connectivity index is -0.000000739. The molecule has 1 aromatic rings. The van der Waals surface area contributed by atoms with Crippen LogP contribution in [0.15, 0.2) is 0 Å². The average Bonchev–Trinajstić information content (AvgIpc) is 2.71. The predicted molar refractivity (Wildman–Crippen MR) is 84.3 cm³/mol. The summed E-state index contributed by atoms with van der Waals surface area (Å²) in [5.74, 6) is 1.30. The minimum absolute atomic E-state index is 0. The summed E-state index contributed by atoms with van der Waals surface area (Å²) in [5.41, 5.74) is 3.21. The second-order valence-corrected chi connectivity index (χ2v) is 8.98. The van der Waals surface area contributed by atoms with Gasteiger partial charge in [-0.25, -0.2) is 0 Å². The molecule has 0 aliphatic carbocycles.